The molecule has 19 heavy (non-hydrogen) atoms. The van der Waals surface area contributed by atoms with Gasteiger partial charge in [0.15, 0.2) is 11.5 Å². The summed E-state index contributed by atoms with van der Waals surface area (Å²) < 4.78 is 11.1. The van der Waals surface area contributed by atoms with E-state index in [9.17, 15) is 4.79 Å². The fourth-order valence-electron chi connectivity index (χ4n) is 1.75. The zero-order valence-corrected chi connectivity index (χ0v) is 11.2. The van der Waals surface area contributed by atoms with Crippen molar-refractivity contribution < 1.29 is 14.3 Å². The Labute approximate surface area is 112 Å². The second-order valence-electron chi connectivity index (χ2n) is 4.69. The second-order valence-corrected chi connectivity index (χ2v) is 4.69. The van der Waals surface area contributed by atoms with Crippen molar-refractivity contribution in [1.29, 1.82) is 0 Å². The molecule has 0 fully saturated rings. The molecule has 104 valence electrons. The fraction of sp³-hybridized carbons (Fsp3) is 0.462. The van der Waals surface area contributed by atoms with Crippen LogP contribution >= 0.6 is 0 Å². The average molecular weight is 265 g/mol. The first-order valence-corrected chi connectivity index (χ1v) is 6.33. The monoisotopic (exact) mass is 265 g/mol. The minimum atomic E-state index is -0.295. The van der Waals surface area contributed by atoms with Gasteiger partial charge < -0.3 is 25.8 Å². The Morgan fingerprint density at radius 1 is 1.26 bits per heavy atom. The van der Waals surface area contributed by atoms with Crippen LogP contribution in [0.1, 0.15) is 20.3 Å². The molecule has 0 spiro atoms. The van der Waals surface area contributed by atoms with Crippen LogP contribution < -0.4 is 25.8 Å². The van der Waals surface area contributed by atoms with Crippen LogP contribution in [0.4, 0.5) is 16.2 Å². The molecule has 0 radical (unpaired) electrons. The Bertz CT molecular complexity index is 474. The lowest BCUT2D eigenvalue weighted by Gasteiger charge is -2.14. The molecule has 0 bridgehead atoms. The number of nitrogen functional groups attached to an aromatic ring is 1. The van der Waals surface area contributed by atoms with Crippen LogP contribution in [0.2, 0.25) is 0 Å². The first kappa shape index (κ1) is 13.3. The van der Waals surface area contributed by atoms with Gasteiger partial charge in [0, 0.05) is 24.6 Å². The zero-order valence-electron chi connectivity index (χ0n) is 11.2. The predicted molar refractivity (Wildman–Crippen MR) is 73.8 cm³/mol. The van der Waals surface area contributed by atoms with Crippen LogP contribution in [0.25, 0.3) is 0 Å². The number of amides is 2. The third-order valence-corrected chi connectivity index (χ3v) is 2.59. The number of nitrogens with two attached hydrogens (primary N) is 1. The Kier molecular flexibility index (Phi) is 3.99. The molecule has 0 saturated carbocycles. The van der Waals surface area contributed by atoms with Crippen molar-refractivity contribution in [3.63, 3.8) is 0 Å². The molecule has 4 N–H and O–H groups in total. The van der Waals surface area contributed by atoms with Crippen molar-refractivity contribution >= 4 is 17.4 Å². The van der Waals surface area contributed by atoms with Gasteiger partial charge in [-0.05, 0) is 13.8 Å². The van der Waals surface area contributed by atoms with E-state index in [1.54, 1.807) is 12.1 Å². The Balaban J connectivity index is 2.17. The molecule has 1 aromatic rings. The maximum Gasteiger partial charge on any atom is 0.319 e. The molecular formula is C13H19N3O3. The summed E-state index contributed by atoms with van der Waals surface area (Å²) >= 11 is 0. The Hall–Kier alpha value is -2.11. The summed E-state index contributed by atoms with van der Waals surface area (Å²) in [4.78, 5) is 11.7. The predicted octanol–water partition coefficient (Wildman–Crippen LogP) is 1.96. The number of anilines is 2. The molecular weight excluding hydrogens is 246 g/mol. The summed E-state index contributed by atoms with van der Waals surface area (Å²) in [6, 6.07) is 3.12. The molecule has 6 heteroatoms. The standard InChI is InChI=1S/C13H19N3O3/c1-8(2)15-13(17)16-10-7-12-11(6-9(10)14)18-4-3-5-19-12/h6-8H,3-5,14H2,1-2H3,(H2,15,16,17). The molecule has 1 aromatic carbocycles. The number of urea groups is 1. The molecule has 0 aliphatic carbocycles. The molecule has 2 rings (SSSR count). The van der Waals surface area contributed by atoms with Crippen LogP contribution in [-0.2, 0) is 0 Å². The van der Waals surface area contributed by atoms with Gasteiger partial charge >= 0.3 is 6.03 Å². The first-order valence-electron chi connectivity index (χ1n) is 6.33. The summed E-state index contributed by atoms with van der Waals surface area (Å²) in [6.45, 7) is 4.97. The van der Waals surface area contributed by atoms with Gasteiger partial charge in [-0.1, -0.05) is 0 Å². The van der Waals surface area contributed by atoms with Gasteiger partial charge in [0.05, 0.1) is 24.6 Å². The molecule has 6 nitrogen and oxygen atoms in total. The number of hydrogen-bond donors (Lipinski definition) is 3. The lowest BCUT2D eigenvalue weighted by atomic mass is 10.2. The topological polar surface area (TPSA) is 85.6 Å². The number of hydrogen-bond acceptors (Lipinski definition) is 4. The number of carbonyl (C=O) groups excluding carboxylic acids is 1. The van der Waals surface area contributed by atoms with E-state index in [4.69, 9.17) is 15.2 Å². The largest absolute Gasteiger partial charge is 0.489 e. The number of benzene rings is 1. The molecule has 0 aromatic heterocycles. The quantitative estimate of drug-likeness (QED) is 0.713. The number of carbonyl (C=O) groups is 1. The van der Waals surface area contributed by atoms with Crippen molar-refractivity contribution in [1.82, 2.24) is 5.32 Å². The summed E-state index contributed by atoms with van der Waals surface area (Å²) in [5, 5.41) is 5.43. The fourth-order valence-corrected chi connectivity index (χ4v) is 1.75. The average Bonchev–Trinajstić information content (AvgIpc) is 2.53. The highest BCUT2D eigenvalue weighted by atomic mass is 16.5. The number of fused-ring (bicyclic) bond motifs is 1. The zero-order chi connectivity index (χ0) is 13.8. The van der Waals surface area contributed by atoms with E-state index in [-0.39, 0.29) is 12.1 Å². The van der Waals surface area contributed by atoms with Gasteiger partial charge in [-0.25, -0.2) is 4.79 Å². The SMILES string of the molecule is CC(C)NC(=O)Nc1cc2c(cc1N)OCCCO2. The van der Waals surface area contributed by atoms with Crippen molar-refractivity contribution in [2.24, 2.45) is 0 Å². The minimum absolute atomic E-state index is 0.0571. The highest BCUT2D eigenvalue weighted by molar-refractivity contribution is 5.93. The van der Waals surface area contributed by atoms with Crippen LogP contribution in [-0.4, -0.2) is 25.3 Å². The molecule has 0 unspecified atom stereocenters. The molecule has 0 atom stereocenters. The summed E-state index contributed by atoms with van der Waals surface area (Å²) in [7, 11) is 0. The summed E-state index contributed by atoms with van der Waals surface area (Å²) in [5.74, 6) is 1.22. The Morgan fingerprint density at radius 3 is 2.53 bits per heavy atom. The summed E-state index contributed by atoms with van der Waals surface area (Å²) in [6.07, 6.45) is 0.825. The van der Waals surface area contributed by atoms with Crippen molar-refractivity contribution in [2.75, 3.05) is 24.3 Å². The number of ether oxygens (including phenoxy) is 2. The van der Waals surface area contributed by atoms with Crippen molar-refractivity contribution in [3.05, 3.63) is 12.1 Å². The van der Waals surface area contributed by atoms with E-state index in [2.05, 4.69) is 10.6 Å². The van der Waals surface area contributed by atoms with Gasteiger partial charge in [0.2, 0.25) is 0 Å². The van der Waals surface area contributed by atoms with E-state index < -0.39 is 0 Å². The minimum Gasteiger partial charge on any atom is -0.489 e. The van der Waals surface area contributed by atoms with Gasteiger partial charge in [-0.2, -0.15) is 0 Å². The lowest BCUT2D eigenvalue weighted by Crippen LogP contribution is -2.34. The van der Waals surface area contributed by atoms with Crippen molar-refractivity contribution in [2.45, 2.75) is 26.3 Å². The summed E-state index contributed by atoms with van der Waals surface area (Å²) in [5.41, 5.74) is 6.86. The molecule has 2 amide bonds. The van der Waals surface area contributed by atoms with Crippen LogP contribution in [0.3, 0.4) is 0 Å². The van der Waals surface area contributed by atoms with E-state index >= 15 is 0 Å². The van der Waals surface area contributed by atoms with Crippen LogP contribution in [0.15, 0.2) is 12.1 Å². The van der Waals surface area contributed by atoms with Gasteiger partial charge in [-0.15, -0.1) is 0 Å². The van der Waals surface area contributed by atoms with E-state index in [1.807, 2.05) is 13.8 Å². The first-order chi connectivity index (χ1) is 9.06. The van der Waals surface area contributed by atoms with Crippen LogP contribution in [0.5, 0.6) is 11.5 Å². The lowest BCUT2D eigenvalue weighted by molar-refractivity contribution is 0.250. The van der Waals surface area contributed by atoms with Crippen LogP contribution in [0, 0.1) is 0 Å². The maximum atomic E-state index is 11.7. The van der Waals surface area contributed by atoms with E-state index in [0.717, 1.165) is 6.42 Å². The molecule has 1 aliphatic rings. The number of rotatable bonds is 2. The third-order valence-electron chi connectivity index (χ3n) is 2.59. The van der Waals surface area contributed by atoms with E-state index in [1.165, 1.54) is 0 Å². The highest BCUT2D eigenvalue weighted by Crippen LogP contribution is 2.36. The highest BCUT2D eigenvalue weighted by Gasteiger charge is 2.15. The molecule has 1 aliphatic heterocycles. The third kappa shape index (κ3) is 3.43. The molecule has 0 saturated heterocycles. The van der Waals surface area contributed by atoms with E-state index in [0.29, 0.717) is 36.1 Å². The van der Waals surface area contributed by atoms with Gasteiger partial charge in [-0.3, -0.25) is 0 Å². The molecule has 1 heterocycles. The maximum absolute atomic E-state index is 11.7. The number of nitrogens with one attached hydrogen (secondary N) is 2. The smallest absolute Gasteiger partial charge is 0.319 e. The van der Waals surface area contributed by atoms with Gasteiger partial charge in [0.25, 0.3) is 0 Å². The van der Waals surface area contributed by atoms with Crippen molar-refractivity contribution in [3.8, 4) is 11.5 Å². The van der Waals surface area contributed by atoms with Gasteiger partial charge in [0.1, 0.15) is 0 Å². The normalized spacial score (nSPS) is 13.8. The second kappa shape index (κ2) is 5.69. The Morgan fingerprint density at radius 2 is 1.89 bits per heavy atom.